The zero-order chi connectivity index (χ0) is 12.1. The van der Waals surface area contributed by atoms with E-state index in [0.29, 0.717) is 5.02 Å². The van der Waals surface area contributed by atoms with Crippen molar-refractivity contribution in [3.05, 3.63) is 41.4 Å². The van der Waals surface area contributed by atoms with Crippen LogP contribution in [0, 0.1) is 0 Å². The molecule has 4 nitrogen and oxygen atoms in total. The maximum absolute atomic E-state index is 11.3. The van der Waals surface area contributed by atoms with Gasteiger partial charge in [0, 0.05) is 11.4 Å². The maximum atomic E-state index is 11.3. The molecular formula is C11H10ClNO3. The number of hydrogen-bond acceptors (Lipinski definition) is 2. The summed E-state index contributed by atoms with van der Waals surface area (Å²) in [6.45, 7) is 3.41. The number of benzene rings is 1. The number of hydrogen-bond donors (Lipinski definition) is 2. The predicted molar refractivity (Wildman–Crippen MR) is 61.9 cm³/mol. The minimum Gasteiger partial charge on any atom is -0.478 e. The van der Waals surface area contributed by atoms with Gasteiger partial charge in [0.05, 0.1) is 11.3 Å². The van der Waals surface area contributed by atoms with Crippen molar-refractivity contribution in [3.63, 3.8) is 0 Å². The van der Waals surface area contributed by atoms with E-state index in [-0.39, 0.29) is 23.6 Å². The maximum Gasteiger partial charge on any atom is 0.337 e. The number of carboxylic acid groups (broad SMARTS) is 1. The molecule has 0 bridgehead atoms. The van der Waals surface area contributed by atoms with Crippen LogP contribution in [0.25, 0.3) is 0 Å². The standard InChI is InChI=1S/C11H10ClNO3/c1-2-3-10(14)13-9-6-7(12)4-5-8(9)11(15)16/h2,4-6H,1,3H2,(H,13,14)(H,15,16). The second-order valence-corrected chi connectivity index (χ2v) is 3.47. The van der Waals surface area contributed by atoms with Gasteiger partial charge in [-0.25, -0.2) is 4.79 Å². The van der Waals surface area contributed by atoms with Crippen LogP contribution >= 0.6 is 11.6 Å². The SMILES string of the molecule is C=CCC(=O)Nc1cc(Cl)ccc1C(=O)O. The van der Waals surface area contributed by atoms with Crippen molar-refractivity contribution < 1.29 is 14.7 Å². The molecule has 1 rings (SSSR count). The zero-order valence-electron chi connectivity index (χ0n) is 8.37. The van der Waals surface area contributed by atoms with Crippen LogP contribution in [0.3, 0.4) is 0 Å². The van der Waals surface area contributed by atoms with Gasteiger partial charge in [0.2, 0.25) is 5.91 Å². The number of aromatic carboxylic acids is 1. The summed E-state index contributed by atoms with van der Waals surface area (Å²) in [5.41, 5.74) is 0.189. The fourth-order valence-corrected chi connectivity index (χ4v) is 1.31. The van der Waals surface area contributed by atoms with Gasteiger partial charge in [-0.2, -0.15) is 0 Å². The van der Waals surface area contributed by atoms with Gasteiger partial charge >= 0.3 is 5.97 Å². The third-order valence-corrected chi connectivity index (χ3v) is 2.05. The number of halogens is 1. The van der Waals surface area contributed by atoms with E-state index in [1.54, 1.807) is 0 Å². The molecule has 1 aromatic rings. The molecule has 16 heavy (non-hydrogen) atoms. The number of amides is 1. The first-order valence-corrected chi connectivity index (χ1v) is 4.86. The highest BCUT2D eigenvalue weighted by atomic mass is 35.5. The molecule has 0 saturated carbocycles. The highest BCUT2D eigenvalue weighted by molar-refractivity contribution is 6.31. The van der Waals surface area contributed by atoms with Gasteiger partial charge in [-0.3, -0.25) is 4.79 Å². The second kappa shape index (κ2) is 5.32. The second-order valence-electron chi connectivity index (χ2n) is 3.04. The Kier molecular flexibility index (Phi) is 4.08. The van der Waals surface area contributed by atoms with Crippen LogP contribution < -0.4 is 5.32 Å². The van der Waals surface area contributed by atoms with Crippen molar-refractivity contribution in [3.8, 4) is 0 Å². The van der Waals surface area contributed by atoms with Crippen molar-refractivity contribution >= 4 is 29.2 Å². The molecule has 2 N–H and O–H groups in total. The Hall–Kier alpha value is -1.81. The van der Waals surface area contributed by atoms with Gasteiger partial charge < -0.3 is 10.4 Å². The topological polar surface area (TPSA) is 66.4 Å². The van der Waals surface area contributed by atoms with E-state index in [4.69, 9.17) is 16.7 Å². The molecule has 0 aliphatic rings. The smallest absolute Gasteiger partial charge is 0.337 e. The Labute approximate surface area is 97.5 Å². The first-order chi connectivity index (χ1) is 7.54. The van der Waals surface area contributed by atoms with Crippen molar-refractivity contribution in [1.82, 2.24) is 0 Å². The van der Waals surface area contributed by atoms with Crippen LogP contribution in [-0.2, 0) is 4.79 Å². The van der Waals surface area contributed by atoms with Crippen LogP contribution in [0.1, 0.15) is 16.8 Å². The number of nitrogens with one attached hydrogen (secondary N) is 1. The molecule has 84 valence electrons. The lowest BCUT2D eigenvalue weighted by molar-refractivity contribution is -0.115. The lowest BCUT2D eigenvalue weighted by Gasteiger charge is -2.07. The molecule has 0 aliphatic carbocycles. The Morgan fingerprint density at radius 1 is 1.50 bits per heavy atom. The Balaban J connectivity index is 3.00. The van der Waals surface area contributed by atoms with Crippen molar-refractivity contribution in [2.24, 2.45) is 0 Å². The van der Waals surface area contributed by atoms with Gasteiger partial charge in [0.1, 0.15) is 0 Å². The molecule has 0 spiro atoms. The third kappa shape index (κ3) is 3.10. The molecule has 0 aliphatic heterocycles. The van der Waals surface area contributed by atoms with E-state index in [9.17, 15) is 9.59 Å². The van der Waals surface area contributed by atoms with Gasteiger partial charge in [0.25, 0.3) is 0 Å². The number of carbonyl (C=O) groups excluding carboxylic acids is 1. The highest BCUT2D eigenvalue weighted by Gasteiger charge is 2.12. The Morgan fingerprint density at radius 2 is 2.19 bits per heavy atom. The normalized spacial score (nSPS) is 9.56. The molecule has 1 amide bonds. The lowest BCUT2D eigenvalue weighted by Crippen LogP contribution is -2.13. The van der Waals surface area contributed by atoms with E-state index in [1.807, 2.05) is 0 Å². The molecular weight excluding hydrogens is 230 g/mol. The van der Waals surface area contributed by atoms with E-state index in [0.717, 1.165) is 0 Å². The fraction of sp³-hybridized carbons (Fsp3) is 0.0909. The van der Waals surface area contributed by atoms with Crippen LogP contribution in [0.15, 0.2) is 30.9 Å². The van der Waals surface area contributed by atoms with Crippen LogP contribution in [0.2, 0.25) is 5.02 Å². The highest BCUT2D eigenvalue weighted by Crippen LogP contribution is 2.21. The van der Waals surface area contributed by atoms with Gasteiger partial charge in [-0.15, -0.1) is 6.58 Å². The number of carbonyl (C=O) groups is 2. The monoisotopic (exact) mass is 239 g/mol. The molecule has 0 fully saturated rings. The Morgan fingerprint density at radius 3 is 2.75 bits per heavy atom. The number of carboxylic acids is 1. The summed E-state index contributed by atoms with van der Waals surface area (Å²) in [6, 6.07) is 4.19. The molecule has 0 heterocycles. The molecule has 0 aromatic heterocycles. The molecule has 0 radical (unpaired) electrons. The largest absolute Gasteiger partial charge is 0.478 e. The predicted octanol–water partition coefficient (Wildman–Crippen LogP) is 2.55. The van der Waals surface area contributed by atoms with Gasteiger partial charge in [-0.05, 0) is 18.2 Å². The number of anilines is 1. The third-order valence-electron chi connectivity index (χ3n) is 1.82. The summed E-state index contributed by atoms with van der Waals surface area (Å²) >= 11 is 5.72. The minimum atomic E-state index is -1.12. The van der Waals surface area contributed by atoms with Crippen molar-refractivity contribution in [1.29, 1.82) is 0 Å². The van der Waals surface area contributed by atoms with Crippen LogP contribution in [0.4, 0.5) is 5.69 Å². The van der Waals surface area contributed by atoms with Crippen LogP contribution in [0.5, 0.6) is 0 Å². The van der Waals surface area contributed by atoms with E-state index in [2.05, 4.69) is 11.9 Å². The average Bonchev–Trinajstić information content (AvgIpc) is 2.17. The summed E-state index contributed by atoms with van der Waals surface area (Å²) in [5, 5.41) is 11.7. The Bertz CT molecular complexity index is 443. The first-order valence-electron chi connectivity index (χ1n) is 4.48. The first kappa shape index (κ1) is 12.3. The zero-order valence-corrected chi connectivity index (χ0v) is 9.12. The lowest BCUT2D eigenvalue weighted by atomic mass is 10.1. The number of rotatable bonds is 4. The van der Waals surface area contributed by atoms with Crippen molar-refractivity contribution in [2.45, 2.75) is 6.42 Å². The van der Waals surface area contributed by atoms with Gasteiger partial charge in [-0.1, -0.05) is 17.7 Å². The summed E-state index contributed by atoms with van der Waals surface area (Å²) in [4.78, 5) is 22.1. The summed E-state index contributed by atoms with van der Waals surface area (Å²) in [5.74, 6) is -1.45. The van der Waals surface area contributed by atoms with E-state index >= 15 is 0 Å². The quantitative estimate of drug-likeness (QED) is 0.794. The van der Waals surface area contributed by atoms with E-state index < -0.39 is 5.97 Å². The molecule has 1 aromatic carbocycles. The summed E-state index contributed by atoms with van der Waals surface area (Å²) in [7, 11) is 0. The van der Waals surface area contributed by atoms with Gasteiger partial charge in [0.15, 0.2) is 0 Å². The minimum absolute atomic E-state index is 0.00168. The molecule has 5 heteroatoms. The van der Waals surface area contributed by atoms with E-state index in [1.165, 1.54) is 24.3 Å². The summed E-state index contributed by atoms with van der Waals surface area (Å²) in [6.07, 6.45) is 1.55. The average molecular weight is 240 g/mol. The summed E-state index contributed by atoms with van der Waals surface area (Å²) < 4.78 is 0. The molecule has 0 unspecified atom stereocenters. The molecule has 0 saturated heterocycles. The molecule has 0 atom stereocenters. The van der Waals surface area contributed by atoms with Crippen molar-refractivity contribution in [2.75, 3.05) is 5.32 Å². The van der Waals surface area contributed by atoms with Crippen LogP contribution in [-0.4, -0.2) is 17.0 Å². The fourth-order valence-electron chi connectivity index (χ4n) is 1.14.